The molecule has 8 heteroatoms. The number of rotatable bonds is 6. The molecule has 2 N–H and O–H groups in total. The summed E-state index contributed by atoms with van der Waals surface area (Å²) in [6.45, 7) is 1.48. The van der Waals surface area contributed by atoms with Crippen molar-refractivity contribution in [2.75, 3.05) is 19.0 Å². The molecule has 128 valence electrons. The predicted molar refractivity (Wildman–Crippen MR) is 93.0 cm³/mol. The quantitative estimate of drug-likeness (QED) is 0.820. The molecule has 0 atom stereocenters. The van der Waals surface area contributed by atoms with Gasteiger partial charge < -0.3 is 10.1 Å². The van der Waals surface area contributed by atoms with Crippen molar-refractivity contribution in [2.45, 2.75) is 11.8 Å². The van der Waals surface area contributed by atoms with Gasteiger partial charge in [0.25, 0.3) is 0 Å². The second kappa shape index (κ2) is 7.65. The molecule has 0 saturated carbocycles. The normalized spacial score (nSPS) is 11.1. The number of ether oxygens (including phenoxy) is 1. The lowest BCUT2D eigenvalue weighted by Gasteiger charge is -2.11. The van der Waals surface area contributed by atoms with E-state index >= 15 is 0 Å². The van der Waals surface area contributed by atoms with E-state index in [1.807, 2.05) is 13.0 Å². The summed E-state index contributed by atoms with van der Waals surface area (Å²) >= 11 is 5.84. The first kappa shape index (κ1) is 18.3. The summed E-state index contributed by atoms with van der Waals surface area (Å²) < 4.78 is 31.9. The molecule has 24 heavy (non-hydrogen) atoms. The van der Waals surface area contributed by atoms with Gasteiger partial charge in [0.15, 0.2) is 0 Å². The van der Waals surface area contributed by atoms with Crippen molar-refractivity contribution in [3.05, 3.63) is 53.1 Å². The van der Waals surface area contributed by atoms with Gasteiger partial charge in [-0.2, -0.15) is 0 Å². The van der Waals surface area contributed by atoms with Gasteiger partial charge in [0.2, 0.25) is 15.9 Å². The maximum Gasteiger partial charge on any atom is 0.244 e. The average Bonchev–Trinajstić information content (AvgIpc) is 2.53. The fourth-order valence-electron chi connectivity index (χ4n) is 2.03. The number of nitrogens with one attached hydrogen (secondary N) is 2. The van der Waals surface area contributed by atoms with Crippen LogP contribution in [-0.4, -0.2) is 28.0 Å². The number of carbonyl (C=O) groups is 1. The van der Waals surface area contributed by atoms with E-state index in [9.17, 15) is 13.2 Å². The van der Waals surface area contributed by atoms with Crippen LogP contribution in [0.5, 0.6) is 5.75 Å². The van der Waals surface area contributed by atoms with Crippen molar-refractivity contribution in [2.24, 2.45) is 0 Å². The third-order valence-corrected chi connectivity index (χ3v) is 4.80. The number of anilines is 1. The summed E-state index contributed by atoms with van der Waals surface area (Å²) in [5.74, 6) is -0.337. The lowest BCUT2D eigenvalue weighted by molar-refractivity contribution is -0.115. The Morgan fingerprint density at radius 1 is 1.21 bits per heavy atom. The van der Waals surface area contributed by atoms with Gasteiger partial charge in [0.1, 0.15) is 10.6 Å². The van der Waals surface area contributed by atoms with Crippen molar-refractivity contribution >= 4 is 33.2 Å². The second-order valence-corrected chi connectivity index (χ2v) is 7.21. The molecule has 0 aliphatic carbocycles. The van der Waals surface area contributed by atoms with E-state index < -0.39 is 22.5 Å². The second-order valence-electron chi connectivity index (χ2n) is 5.04. The Bertz CT molecular complexity index is 853. The van der Waals surface area contributed by atoms with Crippen LogP contribution < -0.4 is 14.8 Å². The van der Waals surface area contributed by atoms with Crippen LogP contribution in [0, 0.1) is 6.92 Å². The van der Waals surface area contributed by atoms with Crippen LogP contribution in [-0.2, 0) is 14.8 Å². The third-order valence-electron chi connectivity index (χ3n) is 3.14. The van der Waals surface area contributed by atoms with E-state index in [4.69, 9.17) is 16.3 Å². The maximum atomic E-state index is 12.3. The minimum atomic E-state index is -3.94. The summed E-state index contributed by atoms with van der Waals surface area (Å²) in [5.41, 5.74) is 1.58. The fraction of sp³-hybridized carbons (Fsp3) is 0.188. The number of aryl methyl sites for hydroxylation is 1. The van der Waals surface area contributed by atoms with Crippen LogP contribution in [0.1, 0.15) is 5.56 Å². The first-order valence-corrected chi connectivity index (χ1v) is 8.87. The smallest absolute Gasteiger partial charge is 0.244 e. The molecule has 2 aromatic rings. The van der Waals surface area contributed by atoms with Gasteiger partial charge >= 0.3 is 0 Å². The van der Waals surface area contributed by atoms with Gasteiger partial charge in [-0.3, -0.25) is 4.79 Å². The number of amides is 1. The molecule has 0 bridgehead atoms. The Balaban J connectivity index is 2.07. The molecule has 0 heterocycles. The van der Waals surface area contributed by atoms with E-state index in [-0.39, 0.29) is 15.7 Å². The Labute approximate surface area is 145 Å². The standard InChI is InChI=1S/C16H17ClN2O4S/c1-11-4-3-5-13(8-11)19-16(20)10-18-24(21,22)15-9-12(17)6-7-14(15)23-2/h3-9,18H,10H2,1-2H3,(H,19,20). The van der Waals surface area contributed by atoms with E-state index in [1.54, 1.807) is 18.2 Å². The van der Waals surface area contributed by atoms with Crippen LogP contribution in [0.15, 0.2) is 47.4 Å². The van der Waals surface area contributed by atoms with E-state index in [0.29, 0.717) is 5.69 Å². The molecular weight excluding hydrogens is 352 g/mol. The highest BCUT2D eigenvalue weighted by molar-refractivity contribution is 7.89. The minimum Gasteiger partial charge on any atom is -0.495 e. The Kier molecular flexibility index (Phi) is 5.82. The molecule has 6 nitrogen and oxygen atoms in total. The van der Waals surface area contributed by atoms with Gasteiger partial charge in [-0.1, -0.05) is 23.7 Å². The predicted octanol–water partition coefficient (Wildman–Crippen LogP) is 2.57. The Morgan fingerprint density at radius 2 is 1.96 bits per heavy atom. The summed E-state index contributed by atoms with van der Waals surface area (Å²) in [4.78, 5) is 11.8. The van der Waals surface area contributed by atoms with Gasteiger partial charge in [0, 0.05) is 10.7 Å². The zero-order valence-corrected chi connectivity index (χ0v) is 14.7. The summed E-state index contributed by atoms with van der Waals surface area (Å²) in [6, 6.07) is 11.4. The topological polar surface area (TPSA) is 84.5 Å². The maximum absolute atomic E-state index is 12.3. The van der Waals surface area contributed by atoms with E-state index in [1.165, 1.54) is 25.3 Å². The molecule has 2 aromatic carbocycles. The molecule has 0 unspecified atom stereocenters. The van der Waals surface area contributed by atoms with Crippen molar-refractivity contribution in [1.82, 2.24) is 4.72 Å². The van der Waals surface area contributed by atoms with Crippen LogP contribution in [0.3, 0.4) is 0 Å². The highest BCUT2D eigenvalue weighted by Gasteiger charge is 2.21. The SMILES string of the molecule is COc1ccc(Cl)cc1S(=O)(=O)NCC(=O)Nc1cccc(C)c1. The molecule has 0 radical (unpaired) electrons. The first-order chi connectivity index (χ1) is 11.3. The van der Waals surface area contributed by atoms with E-state index in [0.717, 1.165) is 5.56 Å². The minimum absolute atomic E-state index is 0.124. The van der Waals surface area contributed by atoms with Gasteiger partial charge in [0.05, 0.1) is 13.7 Å². The van der Waals surface area contributed by atoms with Crippen molar-refractivity contribution in [3.63, 3.8) is 0 Å². The summed E-state index contributed by atoms with van der Waals surface area (Å²) in [5, 5.41) is 2.87. The van der Waals surface area contributed by atoms with Crippen molar-refractivity contribution < 1.29 is 17.9 Å². The van der Waals surface area contributed by atoms with Crippen LogP contribution in [0.25, 0.3) is 0 Å². The largest absolute Gasteiger partial charge is 0.495 e. The number of hydrogen-bond acceptors (Lipinski definition) is 4. The van der Waals surface area contributed by atoms with Crippen LogP contribution in [0.2, 0.25) is 5.02 Å². The van der Waals surface area contributed by atoms with E-state index in [2.05, 4.69) is 10.0 Å². The molecule has 0 fully saturated rings. The molecule has 0 aliphatic heterocycles. The third kappa shape index (κ3) is 4.70. The van der Waals surface area contributed by atoms with Crippen molar-refractivity contribution in [1.29, 1.82) is 0 Å². The highest BCUT2D eigenvalue weighted by atomic mass is 35.5. The molecule has 0 aliphatic rings. The molecule has 2 rings (SSSR count). The number of hydrogen-bond donors (Lipinski definition) is 2. The highest BCUT2D eigenvalue weighted by Crippen LogP contribution is 2.26. The number of carbonyl (C=O) groups excluding carboxylic acids is 1. The molecule has 0 spiro atoms. The molecular formula is C16H17ClN2O4S. The average molecular weight is 369 g/mol. The van der Waals surface area contributed by atoms with Crippen molar-refractivity contribution in [3.8, 4) is 5.75 Å². The van der Waals surface area contributed by atoms with Gasteiger partial charge in [-0.05, 0) is 42.8 Å². The lowest BCUT2D eigenvalue weighted by atomic mass is 10.2. The molecule has 0 saturated heterocycles. The summed E-state index contributed by atoms with van der Waals surface area (Å²) in [7, 11) is -2.59. The van der Waals surface area contributed by atoms with Gasteiger partial charge in [-0.15, -0.1) is 0 Å². The van der Waals surface area contributed by atoms with Crippen LogP contribution >= 0.6 is 11.6 Å². The van der Waals surface area contributed by atoms with Gasteiger partial charge in [-0.25, -0.2) is 13.1 Å². The number of benzene rings is 2. The Morgan fingerprint density at radius 3 is 2.62 bits per heavy atom. The number of halogens is 1. The summed E-state index contributed by atoms with van der Waals surface area (Å²) in [6.07, 6.45) is 0. The van der Waals surface area contributed by atoms with Crippen LogP contribution in [0.4, 0.5) is 5.69 Å². The first-order valence-electron chi connectivity index (χ1n) is 7.01. The zero-order valence-electron chi connectivity index (χ0n) is 13.2. The number of sulfonamides is 1. The lowest BCUT2D eigenvalue weighted by Crippen LogP contribution is -2.33. The monoisotopic (exact) mass is 368 g/mol. The fourth-order valence-corrected chi connectivity index (χ4v) is 3.44. The Hall–Kier alpha value is -2.09. The number of methoxy groups -OCH3 is 1. The molecule has 0 aromatic heterocycles. The molecule has 1 amide bonds. The zero-order chi connectivity index (χ0) is 17.7.